The Hall–Kier alpha value is -2.02. The van der Waals surface area contributed by atoms with Crippen molar-refractivity contribution in [1.29, 1.82) is 0 Å². The van der Waals surface area contributed by atoms with Gasteiger partial charge in [-0.05, 0) is 19.8 Å². The van der Waals surface area contributed by atoms with Crippen LogP contribution in [0.5, 0.6) is 11.5 Å². The SMILES string of the molecule is COc1cc(NC2CCOC(C)C2)c([N+](=O)[O-])cc1OC. The molecule has 2 rings (SSSR count). The Balaban J connectivity index is 2.29. The van der Waals surface area contributed by atoms with Crippen molar-refractivity contribution < 1.29 is 19.1 Å². The molecule has 0 aliphatic carbocycles. The van der Waals surface area contributed by atoms with Crippen molar-refractivity contribution >= 4 is 11.4 Å². The number of benzene rings is 1. The minimum absolute atomic E-state index is 0.0215. The molecule has 0 saturated carbocycles. The first-order valence-electron chi connectivity index (χ1n) is 6.83. The Morgan fingerprint density at radius 3 is 2.57 bits per heavy atom. The molecule has 0 bridgehead atoms. The van der Waals surface area contributed by atoms with Gasteiger partial charge in [-0.3, -0.25) is 10.1 Å². The van der Waals surface area contributed by atoms with Crippen LogP contribution in [0.3, 0.4) is 0 Å². The Bertz CT molecular complexity index is 520. The average molecular weight is 296 g/mol. The maximum atomic E-state index is 11.2. The molecule has 2 unspecified atom stereocenters. The van der Waals surface area contributed by atoms with Gasteiger partial charge in [-0.1, -0.05) is 0 Å². The smallest absolute Gasteiger partial charge is 0.296 e. The van der Waals surface area contributed by atoms with E-state index >= 15 is 0 Å². The molecule has 1 fully saturated rings. The van der Waals surface area contributed by atoms with Crippen molar-refractivity contribution in [1.82, 2.24) is 0 Å². The molecular formula is C14H20N2O5. The van der Waals surface area contributed by atoms with Crippen molar-refractivity contribution in [3.05, 3.63) is 22.2 Å². The maximum absolute atomic E-state index is 11.2. The highest BCUT2D eigenvalue weighted by molar-refractivity contribution is 5.68. The summed E-state index contributed by atoms with van der Waals surface area (Å²) >= 11 is 0. The summed E-state index contributed by atoms with van der Waals surface area (Å²) in [6.07, 6.45) is 1.77. The standard InChI is InChI=1S/C14H20N2O5/c1-9-6-10(4-5-21-9)15-11-7-13(19-2)14(20-3)8-12(11)16(17)18/h7-10,15H,4-6H2,1-3H3. The molecule has 1 aromatic carbocycles. The largest absolute Gasteiger partial charge is 0.493 e. The van der Waals surface area contributed by atoms with Crippen LogP contribution in [0.1, 0.15) is 19.8 Å². The summed E-state index contributed by atoms with van der Waals surface area (Å²) in [5, 5.41) is 14.5. The van der Waals surface area contributed by atoms with Crippen molar-refractivity contribution in [2.24, 2.45) is 0 Å². The van der Waals surface area contributed by atoms with Gasteiger partial charge in [0.05, 0.1) is 31.3 Å². The fourth-order valence-corrected chi connectivity index (χ4v) is 2.48. The van der Waals surface area contributed by atoms with Crippen LogP contribution in [0, 0.1) is 10.1 Å². The molecule has 1 aliphatic heterocycles. The third-order valence-corrected chi connectivity index (χ3v) is 3.54. The van der Waals surface area contributed by atoms with E-state index in [9.17, 15) is 10.1 Å². The van der Waals surface area contributed by atoms with E-state index in [1.165, 1.54) is 20.3 Å². The van der Waals surface area contributed by atoms with Crippen LogP contribution in [0.4, 0.5) is 11.4 Å². The second kappa shape index (κ2) is 6.62. The Kier molecular flexibility index (Phi) is 4.85. The van der Waals surface area contributed by atoms with Gasteiger partial charge < -0.3 is 19.5 Å². The van der Waals surface area contributed by atoms with Crippen molar-refractivity contribution in [3.8, 4) is 11.5 Å². The van der Waals surface area contributed by atoms with Gasteiger partial charge in [-0.2, -0.15) is 0 Å². The zero-order valence-electron chi connectivity index (χ0n) is 12.4. The Morgan fingerprint density at radius 1 is 1.33 bits per heavy atom. The number of methoxy groups -OCH3 is 2. The first-order valence-corrected chi connectivity index (χ1v) is 6.83. The molecule has 1 aliphatic rings. The summed E-state index contributed by atoms with van der Waals surface area (Å²) in [5.74, 6) is 0.806. The summed E-state index contributed by atoms with van der Waals surface area (Å²) < 4.78 is 15.8. The maximum Gasteiger partial charge on any atom is 0.296 e. The summed E-state index contributed by atoms with van der Waals surface area (Å²) in [4.78, 5) is 10.8. The van der Waals surface area contributed by atoms with Crippen molar-refractivity contribution in [3.63, 3.8) is 0 Å². The van der Waals surface area contributed by atoms with Crippen LogP contribution in [-0.4, -0.2) is 37.9 Å². The van der Waals surface area contributed by atoms with Crippen LogP contribution in [-0.2, 0) is 4.74 Å². The van der Waals surface area contributed by atoms with Gasteiger partial charge in [0, 0.05) is 18.7 Å². The van der Waals surface area contributed by atoms with Crippen LogP contribution in [0.2, 0.25) is 0 Å². The van der Waals surface area contributed by atoms with Gasteiger partial charge in [-0.15, -0.1) is 0 Å². The Morgan fingerprint density at radius 2 is 2.00 bits per heavy atom. The molecule has 1 heterocycles. The minimum atomic E-state index is -0.424. The lowest BCUT2D eigenvalue weighted by molar-refractivity contribution is -0.384. The van der Waals surface area contributed by atoms with Crippen LogP contribution in [0.15, 0.2) is 12.1 Å². The average Bonchev–Trinajstić information content (AvgIpc) is 2.46. The Labute approximate surface area is 123 Å². The number of ether oxygens (including phenoxy) is 3. The van der Waals surface area contributed by atoms with Crippen molar-refractivity contribution in [2.45, 2.75) is 31.9 Å². The monoisotopic (exact) mass is 296 g/mol. The first kappa shape index (κ1) is 15.4. The fraction of sp³-hybridized carbons (Fsp3) is 0.571. The lowest BCUT2D eigenvalue weighted by Gasteiger charge is -2.28. The van der Waals surface area contributed by atoms with E-state index in [4.69, 9.17) is 14.2 Å². The summed E-state index contributed by atoms with van der Waals surface area (Å²) in [6, 6.07) is 3.13. The van der Waals surface area contributed by atoms with E-state index in [0.717, 1.165) is 12.8 Å². The van der Waals surface area contributed by atoms with Crippen LogP contribution in [0.25, 0.3) is 0 Å². The summed E-state index contributed by atoms with van der Waals surface area (Å²) in [7, 11) is 2.96. The van der Waals surface area contributed by atoms with Gasteiger partial charge >= 0.3 is 0 Å². The topological polar surface area (TPSA) is 82.9 Å². The summed E-state index contributed by atoms with van der Waals surface area (Å²) in [5.41, 5.74) is 0.420. The van der Waals surface area contributed by atoms with Crippen LogP contribution < -0.4 is 14.8 Å². The molecule has 1 saturated heterocycles. The molecule has 116 valence electrons. The molecule has 7 heteroatoms. The molecule has 7 nitrogen and oxygen atoms in total. The number of nitrogens with zero attached hydrogens (tertiary/aromatic N) is 1. The van der Waals surface area contributed by atoms with Gasteiger partial charge in [0.2, 0.25) is 0 Å². The number of nitro groups is 1. The third kappa shape index (κ3) is 3.55. The van der Waals surface area contributed by atoms with E-state index in [2.05, 4.69) is 5.32 Å². The second-order valence-electron chi connectivity index (χ2n) is 5.03. The van der Waals surface area contributed by atoms with E-state index < -0.39 is 4.92 Å². The molecule has 0 amide bonds. The minimum Gasteiger partial charge on any atom is -0.493 e. The highest BCUT2D eigenvalue weighted by atomic mass is 16.6. The number of nitrogens with one attached hydrogen (secondary N) is 1. The zero-order chi connectivity index (χ0) is 15.4. The van der Waals surface area contributed by atoms with E-state index in [0.29, 0.717) is 23.8 Å². The number of nitro benzene ring substituents is 1. The molecule has 21 heavy (non-hydrogen) atoms. The van der Waals surface area contributed by atoms with E-state index in [1.54, 1.807) is 6.07 Å². The van der Waals surface area contributed by atoms with Crippen LogP contribution >= 0.6 is 0 Å². The first-order chi connectivity index (χ1) is 10.0. The molecular weight excluding hydrogens is 276 g/mol. The molecule has 1 aromatic rings. The van der Waals surface area contributed by atoms with Gasteiger partial charge in [-0.25, -0.2) is 0 Å². The molecule has 0 radical (unpaired) electrons. The summed E-state index contributed by atoms with van der Waals surface area (Å²) in [6.45, 7) is 2.65. The van der Waals surface area contributed by atoms with Crippen molar-refractivity contribution in [2.75, 3.05) is 26.1 Å². The number of hydrogen-bond acceptors (Lipinski definition) is 6. The third-order valence-electron chi connectivity index (χ3n) is 3.54. The number of hydrogen-bond donors (Lipinski definition) is 1. The predicted molar refractivity (Wildman–Crippen MR) is 78.3 cm³/mol. The van der Waals surface area contributed by atoms with E-state index in [-0.39, 0.29) is 17.8 Å². The van der Waals surface area contributed by atoms with Gasteiger partial charge in [0.15, 0.2) is 11.5 Å². The second-order valence-corrected chi connectivity index (χ2v) is 5.03. The normalized spacial score (nSPS) is 21.7. The fourth-order valence-electron chi connectivity index (χ4n) is 2.48. The lowest BCUT2D eigenvalue weighted by Crippen LogP contribution is -2.32. The lowest BCUT2D eigenvalue weighted by atomic mass is 10.0. The molecule has 0 aromatic heterocycles. The quantitative estimate of drug-likeness (QED) is 0.664. The van der Waals surface area contributed by atoms with Gasteiger partial charge in [0.1, 0.15) is 5.69 Å². The highest BCUT2D eigenvalue weighted by Crippen LogP contribution is 2.38. The highest BCUT2D eigenvalue weighted by Gasteiger charge is 2.24. The predicted octanol–water partition coefficient (Wildman–Crippen LogP) is 2.59. The molecule has 1 N–H and O–H groups in total. The van der Waals surface area contributed by atoms with E-state index in [1.807, 2.05) is 6.92 Å². The number of rotatable bonds is 5. The zero-order valence-corrected chi connectivity index (χ0v) is 12.4. The number of anilines is 1. The molecule has 0 spiro atoms. The molecule has 2 atom stereocenters. The van der Waals surface area contributed by atoms with Gasteiger partial charge in [0.25, 0.3) is 5.69 Å².